The van der Waals surface area contributed by atoms with Crippen molar-refractivity contribution in [2.24, 2.45) is 0 Å². The van der Waals surface area contributed by atoms with Crippen molar-refractivity contribution in [3.8, 4) is 16.3 Å². The van der Waals surface area contributed by atoms with Crippen LogP contribution in [0, 0.1) is 0 Å². The molecule has 164 valence electrons. The fraction of sp³-hybridized carbons (Fsp3) is 0.238. The van der Waals surface area contributed by atoms with E-state index in [1.165, 1.54) is 22.5 Å². The highest BCUT2D eigenvalue weighted by molar-refractivity contribution is 7.92. The molecule has 0 radical (unpaired) electrons. The topological polar surface area (TPSA) is 128 Å². The SMILES string of the molecule is CCCCS(=O)(=O)N(Cc1ccc(-c2sc(=O)[nH]c2O)cc1)c1cccc(C(=O)O)c1. The van der Waals surface area contributed by atoms with Crippen molar-refractivity contribution in [2.45, 2.75) is 26.3 Å². The average Bonchev–Trinajstić information content (AvgIpc) is 3.08. The van der Waals surface area contributed by atoms with Crippen LogP contribution in [-0.4, -0.2) is 35.3 Å². The first-order chi connectivity index (χ1) is 14.7. The van der Waals surface area contributed by atoms with Gasteiger partial charge in [-0.3, -0.25) is 14.1 Å². The molecule has 1 heterocycles. The molecule has 0 saturated heterocycles. The third-order valence-corrected chi connectivity index (χ3v) is 7.38. The zero-order valence-electron chi connectivity index (χ0n) is 16.7. The normalized spacial score (nSPS) is 11.4. The number of unbranched alkanes of at least 4 members (excludes halogenated alkanes) is 1. The van der Waals surface area contributed by atoms with Gasteiger partial charge in [-0.15, -0.1) is 0 Å². The Kier molecular flexibility index (Phi) is 6.81. The van der Waals surface area contributed by atoms with Crippen LogP contribution in [0.5, 0.6) is 5.88 Å². The maximum atomic E-state index is 13.0. The Morgan fingerprint density at radius 2 is 1.87 bits per heavy atom. The molecule has 3 aromatic rings. The zero-order chi connectivity index (χ0) is 22.6. The van der Waals surface area contributed by atoms with E-state index in [0.29, 0.717) is 28.8 Å². The number of hydrogen-bond donors (Lipinski definition) is 3. The summed E-state index contributed by atoms with van der Waals surface area (Å²) in [6.07, 6.45) is 1.20. The van der Waals surface area contributed by atoms with Gasteiger partial charge in [0.2, 0.25) is 15.9 Å². The molecule has 0 atom stereocenters. The van der Waals surface area contributed by atoms with Gasteiger partial charge in [-0.2, -0.15) is 0 Å². The minimum Gasteiger partial charge on any atom is -0.493 e. The van der Waals surface area contributed by atoms with Crippen LogP contribution in [0.4, 0.5) is 5.69 Å². The number of aromatic carboxylic acids is 1. The highest BCUT2D eigenvalue weighted by Crippen LogP contribution is 2.30. The minimum atomic E-state index is -3.69. The maximum Gasteiger partial charge on any atom is 0.335 e. The van der Waals surface area contributed by atoms with Crippen LogP contribution in [-0.2, 0) is 16.6 Å². The number of aromatic hydroxyl groups is 1. The Labute approximate surface area is 183 Å². The lowest BCUT2D eigenvalue weighted by Crippen LogP contribution is -2.32. The molecule has 0 bridgehead atoms. The van der Waals surface area contributed by atoms with Crippen LogP contribution in [0.1, 0.15) is 35.7 Å². The second-order valence-electron chi connectivity index (χ2n) is 6.92. The van der Waals surface area contributed by atoms with Crippen molar-refractivity contribution in [3.05, 3.63) is 69.3 Å². The van der Waals surface area contributed by atoms with E-state index >= 15 is 0 Å². The highest BCUT2D eigenvalue weighted by Gasteiger charge is 2.23. The maximum absolute atomic E-state index is 13.0. The summed E-state index contributed by atoms with van der Waals surface area (Å²) < 4.78 is 27.3. The van der Waals surface area contributed by atoms with Crippen molar-refractivity contribution in [1.29, 1.82) is 0 Å². The van der Waals surface area contributed by atoms with Gasteiger partial charge < -0.3 is 10.2 Å². The monoisotopic (exact) mass is 462 g/mol. The third-order valence-electron chi connectivity index (χ3n) is 4.65. The van der Waals surface area contributed by atoms with Gasteiger partial charge in [0, 0.05) is 0 Å². The predicted molar refractivity (Wildman–Crippen MR) is 120 cm³/mol. The lowest BCUT2D eigenvalue weighted by Gasteiger charge is -2.25. The van der Waals surface area contributed by atoms with E-state index in [9.17, 15) is 28.2 Å². The van der Waals surface area contributed by atoms with Crippen LogP contribution in [0.25, 0.3) is 10.4 Å². The number of rotatable bonds is 9. The second kappa shape index (κ2) is 9.36. The first kappa shape index (κ1) is 22.6. The summed E-state index contributed by atoms with van der Waals surface area (Å²) in [6.45, 7) is 1.92. The number of hydrogen-bond acceptors (Lipinski definition) is 6. The number of aromatic nitrogens is 1. The number of benzene rings is 2. The molecule has 8 nitrogen and oxygen atoms in total. The van der Waals surface area contributed by atoms with E-state index in [1.54, 1.807) is 30.3 Å². The van der Waals surface area contributed by atoms with Crippen molar-refractivity contribution >= 4 is 33.0 Å². The van der Waals surface area contributed by atoms with Gasteiger partial charge in [0.1, 0.15) is 0 Å². The zero-order valence-corrected chi connectivity index (χ0v) is 18.4. The molecule has 0 spiro atoms. The van der Waals surface area contributed by atoms with Crippen molar-refractivity contribution in [2.75, 3.05) is 10.1 Å². The number of carboxylic acids is 1. The van der Waals surface area contributed by atoms with Crippen LogP contribution in [0.3, 0.4) is 0 Å². The van der Waals surface area contributed by atoms with Gasteiger partial charge in [0.05, 0.1) is 28.4 Å². The Balaban J connectivity index is 1.95. The first-order valence-electron chi connectivity index (χ1n) is 9.56. The number of sulfonamides is 1. The van der Waals surface area contributed by atoms with Crippen LogP contribution in [0.2, 0.25) is 0 Å². The Hall–Kier alpha value is -3.11. The molecular weight excluding hydrogens is 440 g/mol. The van der Waals surface area contributed by atoms with Gasteiger partial charge in [0.15, 0.2) is 0 Å². The van der Waals surface area contributed by atoms with Crippen molar-refractivity contribution in [1.82, 2.24) is 4.98 Å². The number of nitrogens with one attached hydrogen (secondary N) is 1. The van der Waals surface area contributed by atoms with Crippen molar-refractivity contribution in [3.63, 3.8) is 0 Å². The molecule has 3 N–H and O–H groups in total. The highest BCUT2D eigenvalue weighted by atomic mass is 32.2. The van der Waals surface area contributed by atoms with E-state index < -0.39 is 16.0 Å². The Morgan fingerprint density at radius 3 is 2.45 bits per heavy atom. The predicted octanol–water partition coefficient (Wildman–Crippen LogP) is 3.64. The van der Waals surface area contributed by atoms with Gasteiger partial charge >= 0.3 is 10.8 Å². The molecule has 3 rings (SSSR count). The van der Waals surface area contributed by atoms with Crippen LogP contribution in [0.15, 0.2) is 53.3 Å². The molecule has 31 heavy (non-hydrogen) atoms. The summed E-state index contributed by atoms with van der Waals surface area (Å²) in [5.74, 6) is -1.40. The summed E-state index contributed by atoms with van der Waals surface area (Å²) in [6, 6.07) is 12.6. The van der Waals surface area contributed by atoms with Crippen molar-refractivity contribution < 1.29 is 23.4 Å². The molecule has 0 fully saturated rings. The quantitative estimate of drug-likeness (QED) is 0.445. The number of thiazole rings is 1. The first-order valence-corrected chi connectivity index (χ1v) is 12.0. The molecule has 0 aliphatic carbocycles. The molecule has 0 amide bonds. The fourth-order valence-corrected chi connectivity index (χ4v) is 5.41. The van der Waals surface area contributed by atoms with E-state index in [2.05, 4.69) is 4.98 Å². The molecule has 0 aliphatic heterocycles. The molecule has 1 aromatic heterocycles. The Morgan fingerprint density at radius 1 is 1.16 bits per heavy atom. The van der Waals surface area contributed by atoms with E-state index in [-0.39, 0.29) is 34.3 Å². The minimum absolute atomic E-state index is 0.00128. The lowest BCUT2D eigenvalue weighted by molar-refractivity contribution is 0.0697. The number of carboxylic acid groups (broad SMARTS) is 1. The molecule has 0 aliphatic rings. The summed E-state index contributed by atoms with van der Waals surface area (Å²) >= 11 is 0.879. The van der Waals surface area contributed by atoms with Crippen LogP contribution >= 0.6 is 11.3 Å². The summed E-state index contributed by atoms with van der Waals surface area (Å²) in [5.41, 5.74) is 1.58. The van der Waals surface area contributed by atoms with Gasteiger partial charge in [-0.05, 0) is 35.7 Å². The third kappa shape index (κ3) is 5.33. The molecule has 10 heteroatoms. The molecule has 0 unspecified atom stereocenters. The number of aromatic amines is 1. The smallest absolute Gasteiger partial charge is 0.335 e. The largest absolute Gasteiger partial charge is 0.493 e. The van der Waals surface area contributed by atoms with Crippen LogP contribution < -0.4 is 9.18 Å². The summed E-state index contributed by atoms with van der Waals surface area (Å²) in [7, 11) is -3.69. The Bertz CT molecular complexity index is 1230. The van der Waals surface area contributed by atoms with E-state index in [0.717, 1.165) is 11.3 Å². The second-order valence-corrected chi connectivity index (χ2v) is 9.92. The number of anilines is 1. The van der Waals surface area contributed by atoms with E-state index in [1.807, 2.05) is 6.92 Å². The van der Waals surface area contributed by atoms with Gasteiger partial charge in [-0.1, -0.05) is 55.0 Å². The number of nitrogens with zero attached hydrogens (tertiary/aromatic N) is 1. The fourth-order valence-electron chi connectivity index (χ4n) is 3.02. The lowest BCUT2D eigenvalue weighted by atomic mass is 10.1. The average molecular weight is 463 g/mol. The van der Waals surface area contributed by atoms with Gasteiger partial charge in [0.25, 0.3) is 0 Å². The standard InChI is InChI=1S/C21H22N2O6S2/c1-2-3-11-31(28,29)23(17-6-4-5-16(12-17)20(25)26)13-14-7-9-15(10-8-14)18-19(24)22-21(27)30-18/h4-10,12,24H,2-3,11,13H2,1H3,(H,22,27)(H,25,26). The molecule has 2 aromatic carbocycles. The summed E-state index contributed by atoms with van der Waals surface area (Å²) in [4.78, 5) is 25.1. The molecule has 0 saturated carbocycles. The number of H-pyrrole nitrogens is 1. The molecular formula is C21H22N2O6S2. The number of carbonyl (C=O) groups is 1. The van der Waals surface area contributed by atoms with E-state index in [4.69, 9.17) is 0 Å². The summed E-state index contributed by atoms with van der Waals surface area (Å²) in [5, 5.41) is 19.1. The van der Waals surface area contributed by atoms with Gasteiger partial charge in [-0.25, -0.2) is 13.2 Å².